The van der Waals surface area contributed by atoms with Crippen molar-refractivity contribution in [2.45, 2.75) is 12.8 Å². The molecule has 1 saturated heterocycles. The maximum absolute atomic E-state index is 5.39. The van der Waals surface area contributed by atoms with Crippen LogP contribution in [0.3, 0.4) is 0 Å². The molecule has 0 aliphatic carbocycles. The van der Waals surface area contributed by atoms with Crippen molar-refractivity contribution in [1.29, 1.82) is 0 Å². The third kappa shape index (κ3) is 2.67. The molecule has 0 saturated carbocycles. The maximum Gasteiger partial charge on any atom is 0.222 e. The quantitative estimate of drug-likeness (QED) is 0.786. The van der Waals surface area contributed by atoms with E-state index in [1.54, 1.807) is 12.4 Å². The highest BCUT2D eigenvalue weighted by Crippen LogP contribution is 2.13. The van der Waals surface area contributed by atoms with Gasteiger partial charge in [0.2, 0.25) is 5.95 Å². The molecule has 4 heteroatoms. The third-order valence-corrected chi connectivity index (χ3v) is 2.37. The molecule has 1 aromatic heterocycles. The molecule has 1 atom stereocenters. The fourth-order valence-corrected chi connectivity index (χ4v) is 1.59. The summed E-state index contributed by atoms with van der Waals surface area (Å²) in [5.41, 5.74) is 0. The van der Waals surface area contributed by atoms with E-state index >= 15 is 0 Å². The lowest BCUT2D eigenvalue weighted by atomic mass is 10.0. The molecule has 1 aromatic rings. The van der Waals surface area contributed by atoms with E-state index < -0.39 is 0 Å². The van der Waals surface area contributed by atoms with Crippen LogP contribution in [-0.4, -0.2) is 29.7 Å². The first-order chi connectivity index (χ1) is 6.95. The minimum absolute atomic E-state index is 0.604. The number of ether oxygens (including phenoxy) is 1. The van der Waals surface area contributed by atoms with Crippen molar-refractivity contribution >= 4 is 5.95 Å². The van der Waals surface area contributed by atoms with Crippen molar-refractivity contribution in [3.63, 3.8) is 0 Å². The van der Waals surface area contributed by atoms with Gasteiger partial charge in [0.25, 0.3) is 0 Å². The van der Waals surface area contributed by atoms with Gasteiger partial charge in [0.05, 0.1) is 6.61 Å². The predicted octanol–water partition coefficient (Wildman–Crippen LogP) is 1.32. The number of hydrogen-bond donors (Lipinski definition) is 1. The van der Waals surface area contributed by atoms with Crippen molar-refractivity contribution < 1.29 is 4.74 Å². The topological polar surface area (TPSA) is 47.0 Å². The SMILES string of the molecule is c1cnc(NCC2CCCOC2)nc1. The lowest BCUT2D eigenvalue weighted by molar-refractivity contribution is 0.0594. The number of nitrogens with zero attached hydrogens (tertiary/aromatic N) is 2. The average Bonchev–Trinajstić information content (AvgIpc) is 2.29. The zero-order valence-corrected chi connectivity index (χ0v) is 8.15. The second-order valence-corrected chi connectivity index (χ2v) is 3.54. The molecule has 0 aromatic carbocycles. The molecule has 2 rings (SSSR count). The van der Waals surface area contributed by atoms with E-state index in [0.29, 0.717) is 11.9 Å². The van der Waals surface area contributed by atoms with E-state index in [1.165, 1.54) is 12.8 Å². The summed E-state index contributed by atoms with van der Waals surface area (Å²) in [5.74, 6) is 1.31. The van der Waals surface area contributed by atoms with E-state index in [2.05, 4.69) is 15.3 Å². The van der Waals surface area contributed by atoms with Crippen LogP contribution in [0.5, 0.6) is 0 Å². The summed E-state index contributed by atoms with van der Waals surface area (Å²) in [6.45, 7) is 2.68. The Balaban J connectivity index is 1.76. The van der Waals surface area contributed by atoms with Gasteiger partial charge in [0.15, 0.2) is 0 Å². The minimum Gasteiger partial charge on any atom is -0.381 e. The number of aromatic nitrogens is 2. The molecule has 1 fully saturated rings. The summed E-state index contributed by atoms with van der Waals surface area (Å²) in [5, 5.41) is 3.21. The number of anilines is 1. The summed E-state index contributed by atoms with van der Waals surface area (Å²) >= 11 is 0. The monoisotopic (exact) mass is 193 g/mol. The summed E-state index contributed by atoms with van der Waals surface area (Å²) in [4.78, 5) is 8.20. The van der Waals surface area contributed by atoms with Crippen molar-refractivity contribution in [2.75, 3.05) is 25.1 Å². The van der Waals surface area contributed by atoms with E-state index in [-0.39, 0.29) is 0 Å². The highest BCUT2D eigenvalue weighted by Gasteiger charge is 2.13. The normalized spacial score (nSPS) is 21.9. The standard InChI is InChI=1S/C10H15N3O/c1-3-9(8-14-6-1)7-13-10-11-4-2-5-12-10/h2,4-5,9H,1,3,6-8H2,(H,11,12,13). The van der Waals surface area contributed by atoms with Gasteiger partial charge in [-0.1, -0.05) is 0 Å². The average molecular weight is 193 g/mol. The summed E-state index contributed by atoms with van der Waals surface area (Å²) in [6.07, 6.45) is 5.89. The van der Waals surface area contributed by atoms with Gasteiger partial charge in [-0.2, -0.15) is 0 Å². The fourth-order valence-electron chi connectivity index (χ4n) is 1.59. The van der Waals surface area contributed by atoms with Gasteiger partial charge in [-0.15, -0.1) is 0 Å². The van der Waals surface area contributed by atoms with Gasteiger partial charge in [0.1, 0.15) is 0 Å². The van der Waals surface area contributed by atoms with E-state index in [4.69, 9.17) is 4.74 Å². The van der Waals surface area contributed by atoms with Crippen LogP contribution in [0, 0.1) is 5.92 Å². The van der Waals surface area contributed by atoms with Crippen LogP contribution >= 0.6 is 0 Å². The van der Waals surface area contributed by atoms with Crippen LogP contribution in [0.2, 0.25) is 0 Å². The van der Waals surface area contributed by atoms with Crippen LogP contribution < -0.4 is 5.32 Å². The molecule has 1 unspecified atom stereocenters. The first-order valence-corrected chi connectivity index (χ1v) is 5.04. The van der Waals surface area contributed by atoms with Crippen LogP contribution in [0.15, 0.2) is 18.5 Å². The molecule has 76 valence electrons. The summed E-state index contributed by atoms with van der Waals surface area (Å²) < 4.78 is 5.39. The molecule has 14 heavy (non-hydrogen) atoms. The Morgan fingerprint density at radius 3 is 3.00 bits per heavy atom. The Hall–Kier alpha value is -1.16. The molecule has 1 aliphatic heterocycles. The molecule has 2 heterocycles. The Morgan fingerprint density at radius 1 is 1.43 bits per heavy atom. The fraction of sp³-hybridized carbons (Fsp3) is 0.600. The number of hydrogen-bond acceptors (Lipinski definition) is 4. The van der Waals surface area contributed by atoms with Gasteiger partial charge in [-0.25, -0.2) is 9.97 Å². The molecule has 0 bridgehead atoms. The molecular weight excluding hydrogens is 178 g/mol. The smallest absolute Gasteiger partial charge is 0.222 e. The van der Waals surface area contributed by atoms with Crippen molar-refractivity contribution in [3.05, 3.63) is 18.5 Å². The lowest BCUT2D eigenvalue weighted by Gasteiger charge is -2.21. The predicted molar refractivity (Wildman–Crippen MR) is 54.1 cm³/mol. The first-order valence-electron chi connectivity index (χ1n) is 5.04. The van der Waals surface area contributed by atoms with Crippen molar-refractivity contribution in [1.82, 2.24) is 9.97 Å². The van der Waals surface area contributed by atoms with Gasteiger partial charge < -0.3 is 10.1 Å². The van der Waals surface area contributed by atoms with Crippen molar-refractivity contribution in [3.8, 4) is 0 Å². The molecule has 0 spiro atoms. The van der Waals surface area contributed by atoms with Gasteiger partial charge in [0, 0.05) is 25.5 Å². The van der Waals surface area contributed by atoms with E-state index in [9.17, 15) is 0 Å². The maximum atomic E-state index is 5.39. The molecular formula is C10H15N3O. The Labute approximate surface area is 83.7 Å². The molecule has 0 radical (unpaired) electrons. The van der Waals surface area contributed by atoms with Crippen LogP contribution in [0.1, 0.15) is 12.8 Å². The Morgan fingerprint density at radius 2 is 2.29 bits per heavy atom. The Bertz CT molecular complexity index is 259. The second-order valence-electron chi connectivity index (χ2n) is 3.54. The van der Waals surface area contributed by atoms with Crippen molar-refractivity contribution in [2.24, 2.45) is 5.92 Å². The highest BCUT2D eigenvalue weighted by atomic mass is 16.5. The second kappa shape index (κ2) is 4.91. The van der Waals surface area contributed by atoms with E-state index in [0.717, 1.165) is 19.8 Å². The number of rotatable bonds is 3. The molecule has 0 amide bonds. The highest BCUT2D eigenvalue weighted by molar-refractivity contribution is 5.21. The largest absolute Gasteiger partial charge is 0.381 e. The van der Waals surface area contributed by atoms with Gasteiger partial charge in [-0.05, 0) is 24.8 Å². The van der Waals surface area contributed by atoms with E-state index in [1.807, 2.05) is 6.07 Å². The van der Waals surface area contributed by atoms with Gasteiger partial charge in [-0.3, -0.25) is 0 Å². The Kier molecular flexibility index (Phi) is 3.29. The molecule has 1 N–H and O–H groups in total. The van der Waals surface area contributed by atoms with Crippen LogP contribution in [-0.2, 0) is 4.74 Å². The first kappa shape index (κ1) is 9.40. The lowest BCUT2D eigenvalue weighted by Crippen LogP contribution is -2.24. The summed E-state index contributed by atoms with van der Waals surface area (Å²) in [7, 11) is 0. The zero-order chi connectivity index (χ0) is 9.64. The summed E-state index contributed by atoms with van der Waals surface area (Å²) in [6, 6.07) is 1.81. The van der Waals surface area contributed by atoms with Crippen LogP contribution in [0.25, 0.3) is 0 Å². The third-order valence-electron chi connectivity index (χ3n) is 2.37. The zero-order valence-electron chi connectivity index (χ0n) is 8.15. The minimum atomic E-state index is 0.604. The number of nitrogens with one attached hydrogen (secondary N) is 1. The van der Waals surface area contributed by atoms with Gasteiger partial charge >= 0.3 is 0 Å². The van der Waals surface area contributed by atoms with Crippen LogP contribution in [0.4, 0.5) is 5.95 Å². The molecule has 1 aliphatic rings. The molecule has 4 nitrogen and oxygen atoms in total.